The highest BCUT2D eigenvalue weighted by Gasteiger charge is 2.29. The SMILES string of the molecule is CC(=O)N1CCN(C(=O)NC[C@H]2CCS(=O)(=O)C2)CC1. The van der Waals surface area contributed by atoms with Gasteiger partial charge in [0.05, 0.1) is 11.5 Å². The summed E-state index contributed by atoms with van der Waals surface area (Å²) in [4.78, 5) is 26.5. The fraction of sp³-hybridized carbons (Fsp3) is 0.833. The Morgan fingerprint density at radius 1 is 1.15 bits per heavy atom. The first-order valence-electron chi connectivity index (χ1n) is 6.86. The molecule has 7 nitrogen and oxygen atoms in total. The van der Waals surface area contributed by atoms with E-state index in [2.05, 4.69) is 5.32 Å². The molecule has 8 heteroatoms. The molecule has 0 bridgehead atoms. The van der Waals surface area contributed by atoms with Crippen molar-refractivity contribution in [3.63, 3.8) is 0 Å². The number of urea groups is 1. The third kappa shape index (κ3) is 3.84. The number of nitrogens with one attached hydrogen (secondary N) is 1. The van der Waals surface area contributed by atoms with Crippen molar-refractivity contribution in [2.24, 2.45) is 5.92 Å². The minimum atomic E-state index is -2.89. The van der Waals surface area contributed by atoms with Crippen molar-refractivity contribution in [3.8, 4) is 0 Å². The summed E-state index contributed by atoms with van der Waals surface area (Å²) in [7, 11) is -2.89. The predicted octanol–water partition coefficient (Wildman–Crippen LogP) is -0.705. The second-order valence-electron chi connectivity index (χ2n) is 5.45. The van der Waals surface area contributed by atoms with Crippen molar-refractivity contribution in [3.05, 3.63) is 0 Å². The van der Waals surface area contributed by atoms with Crippen LogP contribution in [0.4, 0.5) is 4.79 Å². The summed E-state index contributed by atoms with van der Waals surface area (Å²) in [6.45, 7) is 4.09. The van der Waals surface area contributed by atoms with E-state index in [1.807, 2.05) is 0 Å². The lowest BCUT2D eigenvalue weighted by Crippen LogP contribution is -2.53. The summed E-state index contributed by atoms with van der Waals surface area (Å²) < 4.78 is 22.7. The van der Waals surface area contributed by atoms with E-state index in [4.69, 9.17) is 0 Å². The summed E-state index contributed by atoms with van der Waals surface area (Å²) in [5, 5.41) is 2.80. The van der Waals surface area contributed by atoms with Crippen LogP contribution >= 0.6 is 0 Å². The van der Waals surface area contributed by atoms with Gasteiger partial charge >= 0.3 is 6.03 Å². The first kappa shape index (κ1) is 15.1. The van der Waals surface area contributed by atoms with Gasteiger partial charge < -0.3 is 15.1 Å². The molecule has 20 heavy (non-hydrogen) atoms. The first-order valence-corrected chi connectivity index (χ1v) is 8.68. The molecule has 2 saturated heterocycles. The molecule has 3 amide bonds. The molecule has 0 spiro atoms. The molecule has 0 aromatic carbocycles. The molecule has 0 radical (unpaired) electrons. The monoisotopic (exact) mass is 303 g/mol. The van der Waals surface area contributed by atoms with Gasteiger partial charge in [-0.05, 0) is 12.3 Å². The smallest absolute Gasteiger partial charge is 0.317 e. The highest BCUT2D eigenvalue weighted by molar-refractivity contribution is 7.91. The molecule has 0 aromatic heterocycles. The van der Waals surface area contributed by atoms with Crippen LogP contribution in [-0.4, -0.2) is 74.4 Å². The largest absolute Gasteiger partial charge is 0.339 e. The molecule has 2 aliphatic heterocycles. The van der Waals surface area contributed by atoms with E-state index in [1.54, 1.807) is 9.80 Å². The van der Waals surface area contributed by atoms with Gasteiger partial charge in [-0.1, -0.05) is 0 Å². The van der Waals surface area contributed by atoms with E-state index >= 15 is 0 Å². The van der Waals surface area contributed by atoms with Crippen LogP contribution in [-0.2, 0) is 14.6 Å². The van der Waals surface area contributed by atoms with Gasteiger partial charge in [0.15, 0.2) is 9.84 Å². The maximum absolute atomic E-state index is 12.0. The molecule has 2 rings (SSSR count). The van der Waals surface area contributed by atoms with Crippen LogP contribution in [0, 0.1) is 5.92 Å². The van der Waals surface area contributed by atoms with Gasteiger partial charge in [-0.2, -0.15) is 0 Å². The number of rotatable bonds is 2. The van der Waals surface area contributed by atoms with E-state index in [0.717, 1.165) is 0 Å². The summed E-state index contributed by atoms with van der Waals surface area (Å²) in [6, 6.07) is -0.169. The zero-order valence-electron chi connectivity index (χ0n) is 11.7. The molecule has 1 atom stereocenters. The fourth-order valence-electron chi connectivity index (χ4n) is 2.60. The van der Waals surface area contributed by atoms with Crippen LogP contribution < -0.4 is 5.32 Å². The Bertz CT molecular complexity index is 483. The molecule has 0 unspecified atom stereocenters. The second-order valence-corrected chi connectivity index (χ2v) is 7.68. The lowest BCUT2D eigenvalue weighted by atomic mass is 10.1. The zero-order chi connectivity index (χ0) is 14.8. The molecule has 2 heterocycles. The molecule has 0 aromatic rings. The maximum Gasteiger partial charge on any atom is 0.317 e. The quantitative estimate of drug-likeness (QED) is 0.730. The van der Waals surface area contributed by atoms with Crippen LogP contribution in [0.2, 0.25) is 0 Å². The van der Waals surface area contributed by atoms with Gasteiger partial charge in [-0.15, -0.1) is 0 Å². The molecular weight excluding hydrogens is 282 g/mol. The van der Waals surface area contributed by atoms with E-state index in [0.29, 0.717) is 39.1 Å². The third-order valence-electron chi connectivity index (χ3n) is 3.88. The van der Waals surface area contributed by atoms with Crippen LogP contribution in [0.1, 0.15) is 13.3 Å². The van der Waals surface area contributed by atoms with Crippen molar-refractivity contribution in [1.82, 2.24) is 15.1 Å². The highest BCUT2D eigenvalue weighted by atomic mass is 32.2. The van der Waals surface area contributed by atoms with Crippen molar-refractivity contribution in [2.75, 3.05) is 44.2 Å². The Balaban J connectivity index is 1.72. The predicted molar refractivity (Wildman–Crippen MR) is 74.0 cm³/mol. The van der Waals surface area contributed by atoms with Gasteiger partial charge in [0, 0.05) is 39.6 Å². The first-order chi connectivity index (χ1) is 9.37. The van der Waals surface area contributed by atoms with E-state index in [1.165, 1.54) is 6.92 Å². The standard InChI is InChI=1S/C12H21N3O4S/c1-10(16)14-3-5-15(6-4-14)12(17)13-8-11-2-7-20(18,19)9-11/h11H,2-9H2,1H3,(H,13,17)/t11-/m1/s1. The van der Waals surface area contributed by atoms with Crippen LogP contribution in [0.5, 0.6) is 0 Å². The van der Waals surface area contributed by atoms with Crippen molar-refractivity contribution in [1.29, 1.82) is 0 Å². The molecule has 114 valence electrons. The number of carbonyl (C=O) groups is 2. The highest BCUT2D eigenvalue weighted by Crippen LogP contribution is 2.17. The van der Waals surface area contributed by atoms with Gasteiger partial charge in [-0.25, -0.2) is 13.2 Å². The lowest BCUT2D eigenvalue weighted by molar-refractivity contribution is -0.130. The maximum atomic E-state index is 12.0. The van der Waals surface area contributed by atoms with E-state index in [-0.39, 0.29) is 29.4 Å². The molecule has 0 saturated carbocycles. The van der Waals surface area contributed by atoms with Crippen LogP contribution in [0.15, 0.2) is 0 Å². The van der Waals surface area contributed by atoms with Crippen LogP contribution in [0.25, 0.3) is 0 Å². The average molecular weight is 303 g/mol. The lowest BCUT2D eigenvalue weighted by Gasteiger charge is -2.34. The molecule has 0 aliphatic carbocycles. The summed E-state index contributed by atoms with van der Waals surface area (Å²) in [5.41, 5.74) is 0. The number of hydrogen-bond donors (Lipinski definition) is 1. The Hall–Kier alpha value is -1.31. The number of piperazine rings is 1. The molecular formula is C12H21N3O4S. The second kappa shape index (κ2) is 5.99. The van der Waals surface area contributed by atoms with Crippen molar-refractivity contribution in [2.45, 2.75) is 13.3 Å². The normalized spacial score (nSPS) is 25.6. The van der Waals surface area contributed by atoms with Crippen molar-refractivity contribution >= 4 is 21.8 Å². The van der Waals surface area contributed by atoms with E-state index < -0.39 is 9.84 Å². The number of sulfone groups is 1. The Kier molecular flexibility index (Phi) is 4.52. The third-order valence-corrected chi connectivity index (χ3v) is 5.72. The summed E-state index contributed by atoms with van der Waals surface area (Å²) in [5.74, 6) is 0.458. The fourth-order valence-corrected chi connectivity index (χ4v) is 4.46. The number of amides is 3. The van der Waals surface area contributed by atoms with E-state index in [9.17, 15) is 18.0 Å². The number of nitrogens with zero attached hydrogens (tertiary/aromatic N) is 2. The molecule has 2 aliphatic rings. The zero-order valence-corrected chi connectivity index (χ0v) is 12.5. The average Bonchev–Trinajstić information content (AvgIpc) is 2.75. The topological polar surface area (TPSA) is 86.8 Å². The van der Waals surface area contributed by atoms with Crippen molar-refractivity contribution < 1.29 is 18.0 Å². The Labute approximate surface area is 119 Å². The minimum Gasteiger partial charge on any atom is -0.339 e. The van der Waals surface area contributed by atoms with Crippen LogP contribution in [0.3, 0.4) is 0 Å². The minimum absolute atomic E-state index is 0.0289. The van der Waals surface area contributed by atoms with Gasteiger partial charge in [-0.3, -0.25) is 4.79 Å². The number of carbonyl (C=O) groups excluding carboxylic acids is 2. The van der Waals surface area contributed by atoms with Gasteiger partial charge in [0.25, 0.3) is 0 Å². The Morgan fingerprint density at radius 2 is 1.75 bits per heavy atom. The Morgan fingerprint density at radius 3 is 2.25 bits per heavy atom. The van der Waals surface area contributed by atoms with Gasteiger partial charge in [0.1, 0.15) is 0 Å². The molecule has 1 N–H and O–H groups in total. The number of hydrogen-bond acceptors (Lipinski definition) is 4. The van der Waals surface area contributed by atoms with Gasteiger partial charge in [0.2, 0.25) is 5.91 Å². The summed E-state index contributed by atoms with van der Waals surface area (Å²) in [6.07, 6.45) is 0.626. The summed E-state index contributed by atoms with van der Waals surface area (Å²) >= 11 is 0. The molecule has 2 fully saturated rings.